The number of benzene rings is 3. The lowest BCUT2D eigenvalue weighted by Crippen LogP contribution is -2.37. The molecule has 7 nitrogen and oxygen atoms in total. The Morgan fingerprint density at radius 3 is 2.42 bits per heavy atom. The number of hydrogen-bond donors (Lipinski definition) is 1. The minimum atomic E-state index is -0.427. The summed E-state index contributed by atoms with van der Waals surface area (Å²) in [5, 5.41) is 4.26. The molecule has 6 rings (SSSR count). The van der Waals surface area contributed by atoms with Crippen LogP contribution in [0.4, 0.5) is 5.69 Å². The third-order valence-corrected chi connectivity index (χ3v) is 9.71. The van der Waals surface area contributed by atoms with Crippen LogP contribution in [0.2, 0.25) is 5.02 Å². The summed E-state index contributed by atoms with van der Waals surface area (Å²) < 4.78 is 5.98. The summed E-state index contributed by atoms with van der Waals surface area (Å²) >= 11 is 6.15. The Kier molecular flexibility index (Phi) is 10.1. The number of likely N-dealkylation sites (tertiary alicyclic amines) is 1. The Morgan fingerprint density at radius 2 is 1.69 bits per heavy atom. The number of para-hydroxylation sites is 1. The Balaban J connectivity index is 1.19. The summed E-state index contributed by atoms with van der Waals surface area (Å²) in [4.78, 5) is 43.6. The lowest BCUT2D eigenvalue weighted by atomic mass is 9.86. The summed E-state index contributed by atoms with van der Waals surface area (Å²) in [7, 11) is 0. The third-order valence-electron chi connectivity index (χ3n) is 9.46. The number of piperidine rings is 2. The van der Waals surface area contributed by atoms with Crippen LogP contribution in [0.5, 0.6) is 0 Å². The van der Waals surface area contributed by atoms with E-state index in [1.165, 1.54) is 22.9 Å². The van der Waals surface area contributed by atoms with Crippen LogP contribution in [0.25, 0.3) is 11.0 Å². The first-order chi connectivity index (χ1) is 23.0. The van der Waals surface area contributed by atoms with Crippen LogP contribution in [-0.2, 0) is 23.2 Å². The monoisotopic (exact) mass is 665 g/mol. The number of fused-ring (bicyclic) bond motifs is 1. The minimum Gasteiger partial charge on any atom is -0.451 e. The van der Waals surface area contributed by atoms with Gasteiger partial charge in [-0.2, -0.15) is 0 Å². The van der Waals surface area contributed by atoms with E-state index >= 15 is 0 Å². The van der Waals surface area contributed by atoms with Gasteiger partial charge in [-0.3, -0.25) is 14.4 Å². The Morgan fingerprint density at radius 1 is 0.938 bits per heavy atom. The highest BCUT2D eigenvalue weighted by Crippen LogP contribution is 2.29. The summed E-state index contributed by atoms with van der Waals surface area (Å²) in [5.74, 6) is -0.191. The van der Waals surface area contributed by atoms with E-state index in [4.69, 9.17) is 16.0 Å². The number of hydrogen-bond acceptors (Lipinski definition) is 5. The molecule has 250 valence electrons. The highest BCUT2D eigenvalue weighted by molar-refractivity contribution is 6.30. The SMILES string of the molecule is CC(C)(C)c1ccc2oc(C(=O)N[C@H](C=C3CCN(c4ccccc4CN4CCCCC4=O)CC3)Cc3ccc(Cl)cc3)cc(=O)c2c1. The molecule has 1 atom stereocenters. The molecule has 2 aliphatic rings. The van der Waals surface area contributed by atoms with Crippen molar-refractivity contribution < 1.29 is 14.0 Å². The maximum atomic E-state index is 13.6. The molecule has 2 saturated heterocycles. The number of halogens is 1. The molecule has 0 unspecified atom stereocenters. The van der Waals surface area contributed by atoms with Crippen molar-refractivity contribution in [2.24, 2.45) is 0 Å². The van der Waals surface area contributed by atoms with Crippen LogP contribution in [0, 0.1) is 0 Å². The van der Waals surface area contributed by atoms with Gasteiger partial charge in [-0.1, -0.05) is 80.4 Å². The van der Waals surface area contributed by atoms with E-state index in [9.17, 15) is 14.4 Å². The molecular weight excluding hydrogens is 622 g/mol. The molecule has 48 heavy (non-hydrogen) atoms. The highest BCUT2D eigenvalue weighted by Gasteiger charge is 2.24. The van der Waals surface area contributed by atoms with Gasteiger partial charge in [0.2, 0.25) is 5.91 Å². The van der Waals surface area contributed by atoms with Crippen molar-refractivity contribution in [1.29, 1.82) is 0 Å². The van der Waals surface area contributed by atoms with Crippen LogP contribution >= 0.6 is 11.6 Å². The Hall–Kier alpha value is -4.36. The van der Waals surface area contributed by atoms with Gasteiger partial charge in [0.25, 0.3) is 5.91 Å². The normalized spacial score (nSPS) is 16.2. The number of rotatable bonds is 8. The molecule has 3 aromatic carbocycles. The highest BCUT2D eigenvalue weighted by atomic mass is 35.5. The molecule has 2 amide bonds. The molecule has 1 aromatic heterocycles. The molecule has 2 fully saturated rings. The lowest BCUT2D eigenvalue weighted by Gasteiger charge is -2.34. The summed E-state index contributed by atoms with van der Waals surface area (Å²) in [6, 6.07) is 22.6. The van der Waals surface area contributed by atoms with E-state index in [1.807, 2.05) is 47.4 Å². The molecule has 0 spiro atoms. The van der Waals surface area contributed by atoms with E-state index < -0.39 is 5.91 Å². The number of carbonyl (C=O) groups is 2. The van der Waals surface area contributed by atoms with Gasteiger partial charge in [0.15, 0.2) is 11.2 Å². The van der Waals surface area contributed by atoms with Crippen molar-refractivity contribution in [3.05, 3.63) is 122 Å². The molecule has 0 bridgehead atoms. The van der Waals surface area contributed by atoms with E-state index in [0.29, 0.717) is 35.4 Å². The predicted octanol–water partition coefficient (Wildman–Crippen LogP) is 7.82. The molecule has 0 saturated carbocycles. The first kappa shape index (κ1) is 33.5. The average Bonchev–Trinajstić information content (AvgIpc) is 3.07. The van der Waals surface area contributed by atoms with E-state index in [2.05, 4.69) is 55.3 Å². The standard InChI is InChI=1S/C40H44ClN3O4/c1-40(2,3)30-13-16-36-33(24-30)35(45)25-37(48-36)39(47)42-32(22-27-11-14-31(41)15-12-27)23-28-17-20-43(21-18-28)34-9-5-4-8-29(34)26-44-19-7-6-10-38(44)46/h4-5,8-9,11-16,23-25,32H,6-7,10,17-22,26H2,1-3H3,(H,42,47)/t32-/m0/s1. The average molecular weight is 666 g/mol. The maximum absolute atomic E-state index is 13.6. The zero-order chi connectivity index (χ0) is 33.8. The van der Waals surface area contributed by atoms with Gasteiger partial charge in [-0.25, -0.2) is 0 Å². The van der Waals surface area contributed by atoms with E-state index in [1.54, 1.807) is 6.07 Å². The second kappa shape index (κ2) is 14.4. The Labute approximate surface area is 287 Å². The molecule has 2 aliphatic heterocycles. The topological polar surface area (TPSA) is 82.9 Å². The fourth-order valence-corrected chi connectivity index (χ4v) is 6.80. The van der Waals surface area contributed by atoms with Crippen LogP contribution < -0.4 is 15.6 Å². The molecule has 8 heteroatoms. The molecule has 0 radical (unpaired) electrons. The minimum absolute atomic E-state index is 0.00544. The number of nitrogens with one attached hydrogen (secondary N) is 1. The third kappa shape index (κ3) is 8.01. The van der Waals surface area contributed by atoms with Gasteiger partial charge in [0.1, 0.15) is 5.58 Å². The van der Waals surface area contributed by atoms with Crippen molar-refractivity contribution in [3.8, 4) is 0 Å². The number of amides is 2. The molecule has 0 aliphatic carbocycles. The van der Waals surface area contributed by atoms with Crippen LogP contribution in [0.1, 0.15) is 80.1 Å². The molecule has 1 N–H and O–H groups in total. The zero-order valence-corrected chi connectivity index (χ0v) is 28.8. The number of anilines is 1. The van der Waals surface area contributed by atoms with Crippen LogP contribution in [0.15, 0.2) is 93.7 Å². The van der Waals surface area contributed by atoms with E-state index in [-0.39, 0.29) is 28.6 Å². The zero-order valence-electron chi connectivity index (χ0n) is 28.1. The van der Waals surface area contributed by atoms with Gasteiger partial charge >= 0.3 is 0 Å². The van der Waals surface area contributed by atoms with Crippen molar-refractivity contribution in [1.82, 2.24) is 10.2 Å². The lowest BCUT2D eigenvalue weighted by molar-refractivity contribution is -0.133. The molecule has 4 aromatic rings. The first-order valence-corrected chi connectivity index (χ1v) is 17.4. The smallest absolute Gasteiger partial charge is 0.287 e. The van der Waals surface area contributed by atoms with Gasteiger partial charge < -0.3 is 19.5 Å². The van der Waals surface area contributed by atoms with Crippen molar-refractivity contribution in [2.75, 3.05) is 24.5 Å². The molecule has 3 heterocycles. The van der Waals surface area contributed by atoms with E-state index in [0.717, 1.165) is 56.4 Å². The summed E-state index contributed by atoms with van der Waals surface area (Å²) in [5.41, 5.74) is 5.73. The summed E-state index contributed by atoms with van der Waals surface area (Å²) in [6.07, 6.45) is 7.11. The Bertz CT molecular complexity index is 1880. The van der Waals surface area contributed by atoms with Crippen molar-refractivity contribution in [2.45, 2.75) is 77.3 Å². The van der Waals surface area contributed by atoms with Gasteiger partial charge in [-0.05, 0) is 84.5 Å². The molecular formula is C40H44ClN3O4. The fraction of sp³-hybridized carbons (Fsp3) is 0.375. The van der Waals surface area contributed by atoms with Gasteiger partial charge in [0.05, 0.1) is 11.4 Å². The largest absolute Gasteiger partial charge is 0.451 e. The first-order valence-electron chi connectivity index (χ1n) is 17.0. The maximum Gasteiger partial charge on any atom is 0.287 e. The number of carbonyl (C=O) groups excluding carboxylic acids is 2. The fourth-order valence-electron chi connectivity index (χ4n) is 6.67. The second-order valence-electron chi connectivity index (χ2n) is 14.1. The number of nitrogens with zero attached hydrogens (tertiary/aromatic N) is 2. The van der Waals surface area contributed by atoms with Crippen molar-refractivity contribution >= 4 is 40.1 Å². The van der Waals surface area contributed by atoms with Crippen molar-refractivity contribution in [3.63, 3.8) is 0 Å². The van der Waals surface area contributed by atoms with Crippen LogP contribution in [0.3, 0.4) is 0 Å². The second-order valence-corrected chi connectivity index (χ2v) is 14.5. The quantitative estimate of drug-likeness (QED) is 0.194. The van der Waals surface area contributed by atoms with Gasteiger partial charge in [0, 0.05) is 49.4 Å². The predicted molar refractivity (Wildman–Crippen MR) is 193 cm³/mol. The summed E-state index contributed by atoms with van der Waals surface area (Å²) in [6.45, 7) is 9.43. The van der Waals surface area contributed by atoms with Crippen LogP contribution in [-0.4, -0.2) is 42.4 Å². The van der Waals surface area contributed by atoms with Gasteiger partial charge in [-0.15, -0.1) is 0 Å².